The number of benzene rings is 1. The van der Waals surface area contributed by atoms with Gasteiger partial charge in [-0.1, -0.05) is 0 Å². The van der Waals surface area contributed by atoms with Crippen molar-refractivity contribution in [3.05, 3.63) is 40.7 Å². The lowest BCUT2D eigenvalue weighted by atomic mass is 10.2. The second kappa shape index (κ2) is 10.4. The fourth-order valence-electron chi connectivity index (χ4n) is 2.80. The van der Waals surface area contributed by atoms with Crippen molar-refractivity contribution >= 4 is 28.5 Å². The Morgan fingerprint density at radius 1 is 1.19 bits per heavy atom. The molecule has 168 valence electrons. The third kappa shape index (κ3) is 6.06. The summed E-state index contributed by atoms with van der Waals surface area (Å²) in [4.78, 5) is 26.1. The van der Waals surface area contributed by atoms with Crippen molar-refractivity contribution < 1.29 is 32.2 Å². The van der Waals surface area contributed by atoms with E-state index in [2.05, 4.69) is 19.9 Å². The highest BCUT2D eigenvalue weighted by Gasteiger charge is 2.23. The number of hydrogen-bond acceptors (Lipinski definition) is 7. The molecule has 3 rings (SSSR count). The van der Waals surface area contributed by atoms with Gasteiger partial charge >= 0.3 is 6.03 Å². The molecule has 13 heteroatoms. The van der Waals surface area contributed by atoms with Crippen molar-refractivity contribution in [2.45, 2.75) is 6.61 Å². The monoisotopic (exact) mass is 459 g/mol. The van der Waals surface area contributed by atoms with Gasteiger partial charge in [0, 0.05) is 37.8 Å². The molecule has 1 aromatic heterocycles. The first kappa shape index (κ1) is 22.8. The Morgan fingerprint density at radius 3 is 2.61 bits per heavy atom. The summed E-state index contributed by atoms with van der Waals surface area (Å²) in [5.41, 5.74) is 4.86. The molecule has 0 spiro atoms. The maximum atomic E-state index is 13.8. The second-order valence-corrected chi connectivity index (χ2v) is 7.31. The molecule has 1 saturated heterocycles. The summed E-state index contributed by atoms with van der Waals surface area (Å²) in [7, 11) is 0. The number of rotatable bonds is 8. The van der Waals surface area contributed by atoms with Gasteiger partial charge in [-0.15, -0.1) is 0 Å². The lowest BCUT2D eigenvalue weighted by Gasteiger charge is -2.26. The van der Waals surface area contributed by atoms with E-state index in [0.717, 1.165) is 24.6 Å². The van der Waals surface area contributed by atoms with E-state index in [-0.39, 0.29) is 22.0 Å². The summed E-state index contributed by atoms with van der Waals surface area (Å²) < 4.78 is 54.5. The van der Waals surface area contributed by atoms with Gasteiger partial charge in [0.15, 0.2) is 11.6 Å². The van der Waals surface area contributed by atoms with Crippen molar-refractivity contribution in [3.63, 3.8) is 0 Å². The van der Waals surface area contributed by atoms with Crippen LogP contribution >= 0.6 is 11.5 Å². The third-order valence-corrected chi connectivity index (χ3v) is 5.15. The minimum absolute atomic E-state index is 0.0390. The predicted molar refractivity (Wildman–Crippen MR) is 106 cm³/mol. The number of carbonyl (C=O) groups excluding carboxylic acids is 2. The van der Waals surface area contributed by atoms with Crippen LogP contribution in [-0.2, 0) is 11.3 Å². The summed E-state index contributed by atoms with van der Waals surface area (Å²) in [5.74, 6) is -4.79. The Hall–Kier alpha value is -2.90. The van der Waals surface area contributed by atoms with E-state index in [1.54, 1.807) is 0 Å². The lowest BCUT2D eigenvalue weighted by molar-refractivity contribution is 0.0388. The van der Waals surface area contributed by atoms with Crippen LogP contribution in [0.2, 0.25) is 0 Å². The molecule has 1 aromatic carbocycles. The SMILES string of the molecule is NC(=O)c1c(OCc2cc(F)c(F)cc2F)nsc1NC(=O)NCCN1CCOCC1. The fraction of sp³-hybridized carbons (Fsp3) is 0.389. The normalized spacial score (nSPS) is 14.3. The van der Waals surface area contributed by atoms with Crippen LogP contribution in [0.5, 0.6) is 5.88 Å². The minimum atomic E-state index is -1.33. The number of nitrogens with two attached hydrogens (primary N) is 1. The zero-order valence-electron chi connectivity index (χ0n) is 16.3. The number of amides is 3. The first-order chi connectivity index (χ1) is 14.8. The zero-order chi connectivity index (χ0) is 22.4. The zero-order valence-corrected chi connectivity index (χ0v) is 17.1. The molecule has 0 radical (unpaired) electrons. The first-order valence-corrected chi connectivity index (χ1v) is 10.0. The Bertz CT molecular complexity index is 953. The van der Waals surface area contributed by atoms with Crippen molar-refractivity contribution in [3.8, 4) is 5.88 Å². The molecule has 2 heterocycles. The Labute approximate surface area is 179 Å². The number of primary amides is 1. The van der Waals surface area contributed by atoms with Crippen LogP contribution < -0.4 is 21.1 Å². The van der Waals surface area contributed by atoms with Gasteiger partial charge in [0.2, 0.25) is 5.88 Å². The number of nitrogens with zero attached hydrogens (tertiary/aromatic N) is 2. The van der Waals surface area contributed by atoms with Crippen LogP contribution in [-0.4, -0.2) is 60.6 Å². The molecular weight excluding hydrogens is 439 g/mol. The van der Waals surface area contributed by atoms with Crippen LogP contribution in [0.3, 0.4) is 0 Å². The number of ether oxygens (including phenoxy) is 2. The van der Waals surface area contributed by atoms with Gasteiger partial charge in [0.1, 0.15) is 23.0 Å². The average Bonchev–Trinajstić information content (AvgIpc) is 3.13. The van der Waals surface area contributed by atoms with Crippen LogP contribution in [0, 0.1) is 17.5 Å². The Balaban J connectivity index is 1.58. The van der Waals surface area contributed by atoms with Gasteiger partial charge in [-0.25, -0.2) is 18.0 Å². The van der Waals surface area contributed by atoms with E-state index in [1.807, 2.05) is 0 Å². The van der Waals surface area contributed by atoms with E-state index in [4.69, 9.17) is 15.2 Å². The molecule has 9 nitrogen and oxygen atoms in total. The summed E-state index contributed by atoms with van der Waals surface area (Å²) in [6.45, 7) is 3.33. The van der Waals surface area contributed by atoms with Crippen molar-refractivity contribution in [1.29, 1.82) is 0 Å². The van der Waals surface area contributed by atoms with Gasteiger partial charge in [0.05, 0.1) is 13.2 Å². The largest absolute Gasteiger partial charge is 0.471 e. The Morgan fingerprint density at radius 2 is 1.90 bits per heavy atom. The summed E-state index contributed by atoms with van der Waals surface area (Å²) in [6, 6.07) is 0.456. The van der Waals surface area contributed by atoms with E-state index >= 15 is 0 Å². The van der Waals surface area contributed by atoms with E-state index in [9.17, 15) is 22.8 Å². The van der Waals surface area contributed by atoms with E-state index in [0.29, 0.717) is 38.4 Å². The molecule has 1 fully saturated rings. The molecule has 2 aromatic rings. The average molecular weight is 459 g/mol. The number of morpholine rings is 1. The third-order valence-electron chi connectivity index (χ3n) is 4.41. The van der Waals surface area contributed by atoms with Crippen molar-refractivity contribution in [1.82, 2.24) is 14.6 Å². The predicted octanol–water partition coefficient (Wildman–Crippen LogP) is 1.69. The minimum Gasteiger partial charge on any atom is -0.471 e. The molecule has 0 atom stereocenters. The number of aromatic nitrogens is 1. The number of halogens is 3. The van der Waals surface area contributed by atoms with Gasteiger partial charge in [-0.2, -0.15) is 4.37 Å². The maximum Gasteiger partial charge on any atom is 0.319 e. The smallest absolute Gasteiger partial charge is 0.319 e. The summed E-state index contributed by atoms with van der Waals surface area (Å²) in [5, 5.41) is 5.17. The van der Waals surface area contributed by atoms with Gasteiger partial charge < -0.3 is 20.5 Å². The van der Waals surface area contributed by atoms with Crippen molar-refractivity contribution in [2.75, 3.05) is 44.7 Å². The Kier molecular flexibility index (Phi) is 7.65. The van der Waals surface area contributed by atoms with Crippen LogP contribution in [0.15, 0.2) is 12.1 Å². The molecule has 1 aliphatic rings. The number of anilines is 1. The van der Waals surface area contributed by atoms with E-state index in [1.165, 1.54) is 0 Å². The lowest BCUT2D eigenvalue weighted by Crippen LogP contribution is -2.42. The highest BCUT2D eigenvalue weighted by Crippen LogP contribution is 2.31. The van der Waals surface area contributed by atoms with Gasteiger partial charge in [-0.3, -0.25) is 15.0 Å². The van der Waals surface area contributed by atoms with E-state index < -0.39 is 36.0 Å². The molecule has 31 heavy (non-hydrogen) atoms. The molecule has 0 saturated carbocycles. The number of nitrogens with one attached hydrogen (secondary N) is 2. The molecular formula is C18H20F3N5O4S. The first-order valence-electron chi connectivity index (χ1n) is 9.25. The summed E-state index contributed by atoms with van der Waals surface area (Å²) in [6.07, 6.45) is 0. The van der Waals surface area contributed by atoms with Gasteiger partial charge in [0.25, 0.3) is 5.91 Å². The van der Waals surface area contributed by atoms with Crippen LogP contribution in [0.4, 0.5) is 23.0 Å². The van der Waals surface area contributed by atoms with Crippen LogP contribution in [0.25, 0.3) is 0 Å². The molecule has 4 N–H and O–H groups in total. The number of hydrogen-bond donors (Lipinski definition) is 3. The highest BCUT2D eigenvalue weighted by atomic mass is 32.1. The molecule has 0 unspecified atom stereocenters. The van der Waals surface area contributed by atoms with Crippen molar-refractivity contribution in [2.24, 2.45) is 5.73 Å². The standard InChI is InChI=1S/C18H20F3N5O4S/c19-11-8-13(21)12(20)7-10(11)9-30-16-14(15(22)27)17(31-25-16)24-18(28)23-1-2-26-3-5-29-6-4-26/h7-8H,1-6,9H2,(H2,22,27)(H2,23,24,28). The topological polar surface area (TPSA) is 119 Å². The summed E-state index contributed by atoms with van der Waals surface area (Å²) >= 11 is 0.737. The van der Waals surface area contributed by atoms with Gasteiger partial charge in [-0.05, 0) is 17.6 Å². The number of urea groups is 1. The maximum absolute atomic E-state index is 13.8. The molecule has 1 aliphatic heterocycles. The molecule has 3 amide bonds. The number of carbonyl (C=O) groups is 2. The molecule has 0 aliphatic carbocycles. The second-order valence-electron chi connectivity index (χ2n) is 6.54. The fourth-order valence-corrected chi connectivity index (χ4v) is 3.53. The highest BCUT2D eigenvalue weighted by molar-refractivity contribution is 7.11. The van der Waals surface area contributed by atoms with Crippen LogP contribution in [0.1, 0.15) is 15.9 Å². The molecule has 0 bridgehead atoms. The quantitative estimate of drug-likeness (QED) is 0.517.